The van der Waals surface area contributed by atoms with Crippen molar-refractivity contribution in [3.63, 3.8) is 0 Å². The summed E-state index contributed by atoms with van der Waals surface area (Å²) in [6, 6.07) is 12.2. The van der Waals surface area contributed by atoms with Gasteiger partial charge in [-0.25, -0.2) is 9.59 Å². The van der Waals surface area contributed by atoms with E-state index in [2.05, 4.69) is 15.2 Å². The maximum Gasteiger partial charge on any atom is 0.573 e. The molecule has 0 saturated heterocycles. The lowest BCUT2D eigenvalue weighted by Crippen LogP contribution is -2.26. The second-order valence-corrected chi connectivity index (χ2v) is 9.00. The molecule has 3 aromatic heterocycles. The van der Waals surface area contributed by atoms with Crippen molar-refractivity contribution < 1.29 is 36.7 Å². The van der Waals surface area contributed by atoms with Gasteiger partial charge >= 0.3 is 18.0 Å². The van der Waals surface area contributed by atoms with Crippen molar-refractivity contribution in [2.45, 2.75) is 13.3 Å². The lowest BCUT2D eigenvalue weighted by molar-refractivity contribution is -0.274. The highest BCUT2D eigenvalue weighted by Gasteiger charge is 2.31. The number of para-hydroxylation sites is 1. The third-order valence-electron chi connectivity index (χ3n) is 5.55. The van der Waals surface area contributed by atoms with E-state index in [1.165, 1.54) is 11.4 Å². The summed E-state index contributed by atoms with van der Waals surface area (Å²) < 4.78 is 52.6. The van der Waals surface area contributed by atoms with E-state index in [4.69, 9.17) is 9.15 Å². The molecule has 0 aliphatic heterocycles. The average Bonchev–Trinajstić information content (AvgIpc) is 3.32. The highest BCUT2D eigenvalue weighted by Crippen LogP contribution is 2.31. The number of rotatable bonds is 6. The van der Waals surface area contributed by atoms with Crippen LogP contribution in [0.2, 0.25) is 0 Å². The van der Waals surface area contributed by atoms with E-state index >= 15 is 0 Å². The topological polar surface area (TPSA) is 130 Å². The molecule has 3 heterocycles. The Morgan fingerprint density at radius 1 is 1.10 bits per heavy atom. The molecule has 0 fully saturated rings. The van der Waals surface area contributed by atoms with Gasteiger partial charge < -0.3 is 19.2 Å². The van der Waals surface area contributed by atoms with Crippen LogP contribution in [-0.4, -0.2) is 34.6 Å². The Morgan fingerprint density at radius 2 is 1.82 bits per heavy atom. The summed E-state index contributed by atoms with van der Waals surface area (Å²) in [4.78, 5) is 51.8. The van der Waals surface area contributed by atoms with E-state index < -0.39 is 35.2 Å². The number of hydrogen-bond donors (Lipinski definition) is 1. The van der Waals surface area contributed by atoms with E-state index in [9.17, 15) is 32.3 Å². The molecule has 1 amide bonds. The van der Waals surface area contributed by atoms with Gasteiger partial charge in [0.2, 0.25) is 0 Å². The number of benzene rings is 2. The van der Waals surface area contributed by atoms with Gasteiger partial charge in [0, 0.05) is 16.2 Å². The molecule has 0 bridgehead atoms. The van der Waals surface area contributed by atoms with Crippen molar-refractivity contribution in [3.05, 3.63) is 92.0 Å². The number of nitrogens with zero attached hydrogens (tertiary/aromatic N) is 2. The number of alkyl halides is 3. The Kier molecular flexibility index (Phi) is 6.85. The summed E-state index contributed by atoms with van der Waals surface area (Å²) in [5.41, 5.74) is -2.00. The van der Waals surface area contributed by atoms with Crippen LogP contribution in [-0.2, 0) is 4.74 Å². The summed E-state index contributed by atoms with van der Waals surface area (Å²) in [6.07, 6.45) is -4.92. The van der Waals surface area contributed by atoms with Crippen LogP contribution < -0.4 is 21.2 Å². The molecule has 0 radical (unpaired) electrons. The van der Waals surface area contributed by atoms with E-state index in [-0.39, 0.29) is 44.9 Å². The quantitative estimate of drug-likeness (QED) is 0.226. The molecular formula is C26H16F3N3O7S. The van der Waals surface area contributed by atoms with Crippen molar-refractivity contribution in [2.24, 2.45) is 0 Å². The summed E-state index contributed by atoms with van der Waals surface area (Å²) in [6.45, 7) is 1.56. The van der Waals surface area contributed by atoms with Crippen LogP contribution in [0.5, 0.6) is 5.75 Å². The SMILES string of the molecule is CCOC(=O)c1nn(-c2ccc(OC(F)(F)F)cc2)c(=O)c2c(NC(=O)c3cc4ccccc4oc3=O)scc12. The molecule has 0 aliphatic rings. The number of anilines is 1. The second-order valence-electron chi connectivity index (χ2n) is 8.12. The average molecular weight is 571 g/mol. The Morgan fingerprint density at radius 3 is 2.52 bits per heavy atom. The molecule has 204 valence electrons. The first-order valence-electron chi connectivity index (χ1n) is 11.5. The number of carbonyl (C=O) groups is 2. The van der Waals surface area contributed by atoms with Gasteiger partial charge in [-0.3, -0.25) is 9.59 Å². The zero-order chi connectivity index (χ0) is 28.6. The van der Waals surface area contributed by atoms with Crippen molar-refractivity contribution >= 4 is 50.0 Å². The van der Waals surface area contributed by atoms with E-state index in [1.54, 1.807) is 31.2 Å². The summed E-state index contributed by atoms with van der Waals surface area (Å²) in [5.74, 6) is -2.27. The maximum absolute atomic E-state index is 13.5. The molecule has 1 N–H and O–H groups in total. The first kappa shape index (κ1) is 26.6. The van der Waals surface area contributed by atoms with Crippen LogP contribution in [0.4, 0.5) is 18.2 Å². The number of fused-ring (bicyclic) bond motifs is 2. The molecule has 0 aliphatic carbocycles. The number of halogens is 3. The first-order valence-corrected chi connectivity index (χ1v) is 12.4. The number of amides is 1. The molecule has 2 aromatic carbocycles. The lowest BCUT2D eigenvalue weighted by atomic mass is 10.1. The highest BCUT2D eigenvalue weighted by molar-refractivity contribution is 7.16. The van der Waals surface area contributed by atoms with Crippen LogP contribution >= 0.6 is 11.3 Å². The minimum atomic E-state index is -4.92. The Balaban J connectivity index is 1.60. The van der Waals surface area contributed by atoms with Crippen LogP contribution in [0.15, 0.2) is 74.0 Å². The standard InChI is InChI=1S/C26H16F3N3O7S/c1-2-37-25(36)20-17-12-40-22(30-21(33)16-11-13-5-3-4-6-18(13)38-24(16)35)19(17)23(34)32(31-20)14-7-9-15(10-8-14)39-26(27,28)29/h3-12H,2H2,1H3,(H,30,33). The predicted octanol–water partition coefficient (Wildman–Crippen LogP) is 4.88. The number of nitrogens with one attached hydrogen (secondary N) is 1. The number of aromatic nitrogens is 2. The van der Waals surface area contributed by atoms with Crippen molar-refractivity contribution in [3.8, 4) is 11.4 Å². The minimum Gasteiger partial charge on any atom is -0.461 e. The van der Waals surface area contributed by atoms with Gasteiger partial charge in [-0.05, 0) is 43.3 Å². The Hall–Kier alpha value is -4.98. The molecule has 0 atom stereocenters. The van der Waals surface area contributed by atoms with Gasteiger partial charge in [0.1, 0.15) is 21.9 Å². The van der Waals surface area contributed by atoms with Crippen molar-refractivity contribution in [2.75, 3.05) is 11.9 Å². The van der Waals surface area contributed by atoms with E-state index in [0.29, 0.717) is 5.39 Å². The third kappa shape index (κ3) is 5.16. The summed E-state index contributed by atoms with van der Waals surface area (Å²) >= 11 is 0.901. The molecule has 0 unspecified atom stereocenters. The van der Waals surface area contributed by atoms with E-state index in [1.807, 2.05) is 0 Å². The number of thiophene rings is 1. The minimum absolute atomic E-state index is 0.00344. The van der Waals surface area contributed by atoms with Crippen molar-refractivity contribution in [1.82, 2.24) is 9.78 Å². The fourth-order valence-corrected chi connectivity index (χ4v) is 4.78. The van der Waals surface area contributed by atoms with Crippen LogP contribution in [0, 0.1) is 0 Å². The molecule has 0 spiro atoms. The van der Waals surface area contributed by atoms with Crippen LogP contribution in [0.1, 0.15) is 27.8 Å². The highest BCUT2D eigenvalue weighted by atomic mass is 32.1. The van der Waals surface area contributed by atoms with Gasteiger partial charge in [0.25, 0.3) is 11.5 Å². The molecule has 40 heavy (non-hydrogen) atoms. The van der Waals surface area contributed by atoms with Gasteiger partial charge in [0.15, 0.2) is 5.69 Å². The fraction of sp³-hybridized carbons (Fsp3) is 0.115. The molecule has 10 nitrogen and oxygen atoms in total. The lowest BCUT2D eigenvalue weighted by Gasteiger charge is -2.11. The van der Waals surface area contributed by atoms with Crippen LogP contribution in [0.3, 0.4) is 0 Å². The third-order valence-corrected chi connectivity index (χ3v) is 6.44. The number of hydrogen-bond acceptors (Lipinski definition) is 9. The Bertz CT molecular complexity index is 1890. The smallest absolute Gasteiger partial charge is 0.461 e. The summed E-state index contributed by atoms with van der Waals surface area (Å²) in [7, 11) is 0. The number of ether oxygens (including phenoxy) is 2. The largest absolute Gasteiger partial charge is 0.573 e. The molecule has 0 saturated carbocycles. The Labute approximate surface area is 225 Å². The van der Waals surface area contributed by atoms with Gasteiger partial charge in [-0.15, -0.1) is 24.5 Å². The van der Waals surface area contributed by atoms with Gasteiger partial charge in [-0.2, -0.15) is 9.78 Å². The van der Waals surface area contributed by atoms with Gasteiger partial charge in [0.05, 0.1) is 17.7 Å². The predicted molar refractivity (Wildman–Crippen MR) is 138 cm³/mol. The second kappa shape index (κ2) is 10.3. The fourth-order valence-electron chi connectivity index (χ4n) is 3.85. The molecular weight excluding hydrogens is 555 g/mol. The molecule has 5 rings (SSSR count). The monoisotopic (exact) mass is 571 g/mol. The molecule has 14 heteroatoms. The van der Waals surface area contributed by atoms with Gasteiger partial charge in [-0.1, -0.05) is 18.2 Å². The summed E-state index contributed by atoms with van der Waals surface area (Å²) in [5, 5.41) is 8.46. The number of carbonyl (C=O) groups excluding carboxylic acids is 2. The van der Waals surface area contributed by atoms with Crippen molar-refractivity contribution in [1.29, 1.82) is 0 Å². The molecule has 5 aromatic rings. The van der Waals surface area contributed by atoms with Crippen LogP contribution in [0.25, 0.3) is 27.4 Å². The van der Waals surface area contributed by atoms with E-state index in [0.717, 1.165) is 40.3 Å². The normalized spacial score (nSPS) is 11.5. The first-order chi connectivity index (χ1) is 19.1. The zero-order valence-corrected chi connectivity index (χ0v) is 21.1. The zero-order valence-electron chi connectivity index (χ0n) is 20.3. The maximum atomic E-state index is 13.5. The number of esters is 1.